The summed E-state index contributed by atoms with van der Waals surface area (Å²) in [7, 11) is 0. The van der Waals surface area contributed by atoms with E-state index < -0.39 is 5.97 Å². The molecule has 0 aliphatic heterocycles. The molecule has 1 N–H and O–H groups in total. The van der Waals surface area contributed by atoms with E-state index in [-0.39, 0.29) is 17.6 Å². The van der Waals surface area contributed by atoms with Crippen molar-refractivity contribution in [2.75, 3.05) is 32.7 Å². The van der Waals surface area contributed by atoms with Crippen molar-refractivity contribution < 1.29 is 24.1 Å². The molecule has 0 unspecified atom stereocenters. The highest BCUT2D eigenvalue weighted by atomic mass is 35.5. The summed E-state index contributed by atoms with van der Waals surface area (Å²) in [4.78, 5) is 10.7. The lowest BCUT2D eigenvalue weighted by atomic mass is 9.76. The monoisotopic (exact) mass is 516 g/mol. The number of ether oxygens (including phenoxy) is 3. The summed E-state index contributed by atoms with van der Waals surface area (Å²) in [5, 5.41) is 8.95. The molecule has 0 aromatic heterocycles. The second-order valence-corrected chi connectivity index (χ2v) is 12.1. The topological polar surface area (TPSA) is 65.0 Å². The minimum absolute atomic E-state index is 0.0421. The average molecular weight is 517 g/mol. The van der Waals surface area contributed by atoms with Gasteiger partial charge in [0.2, 0.25) is 0 Å². The molecule has 206 valence electrons. The van der Waals surface area contributed by atoms with Crippen LogP contribution < -0.4 is 0 Å². The number of halogens is 1. The molecule has 5 nitrogen and oxygen atoms in total. The number of esters is 1. The molecule has 0 radical (unpaired) electrons. The molecule has 3 aliphatic rings. The van der Waals surface area contributed by atoms with Crippen LogP contribution in [0.4, 0.5) is 0 Å². The van der Waals surface area contributed by atoms with Gasteiger partial charge < -0.3 is 19.3 Å². The number of carbonyl (C=O) groups excluding carboxylic acids is 1. The van der Waals surface area contributed by atoms with Crippen LogP contribution in [0.25, 0.3) is 0 Å². The molecule has 0 atom stereocenters. The number of hydrogen-bond acceptors (Lipinski definition) is 5. The molecule has 3 rings (SSSR count). The highest BCUT2D eigenvalue weighted by Crippen LogP contribution is 2.37. The summed E-state index contributed by atoms with van der Waals surface area (Å²) in [5.41, 5.74) is 0.976. The van der Waals surface area contributed by atoms with Crippen molar-refractivity contribution in [1.29, 1.82) is 0 Å². The molecule has 35 heavy (non-hydrogen) atoms. The maximum Gasteiger partial charge on any atom is 0.332 e. The second-order valence-electron chi connectivity index (χ2n) is 11.9. The van der Waals surface area contributed by atoms with Crippen LogP contribution in [0.1, 0.15) is 117 Å². The van der Waals surface area contributed by atoms with E-state index in [0.29, 0.717) is 24.7 Å². The molecule has 0 heterocycles. The van der Waals surface area contributed by atoms with Crippen LogP contribution in [-0.2, 0) is 19.0 Å². The lowest BCUT2D eigenvalue weighted by Gasteiger charge is -2.32. The Morgan fingerprint density at radius 2 is 1.17 bits per heavy atom. The van der Waals surface area contributed by atoms with Gasteiger partial charge in [-0.25, -0.2) is 4.79 Å². The van der Waals surface area contributed by atoms with Crippen molar-refractivity contribution in [3.63, 3.8) is 0 Å². The van der Waals surface area contributed by atoms with Gasteiger partial charge in [-0.05, 0) is 54.8 Å². The molecule has 0 saturated heterocycles. The van der Waals surface area contributed by atoms with E-state index >= 15 is 0 Å². The summed E-state index contributed by atoms with van der Waals surface area (Å²) < 4.78 is 15.3. The fraction of sp³-hybridized carbons (Fsp3) is 0.897. The molecule has 3 fully saturated rings. The third-order valence-electron chi connectivity index (χ3n) is 7.99. The summed E-state index contributed by atoms with van der Waals surface area (Å²) in [6.07, 6.45) is 20.7. The fourth-order valence-electron chi connectivity index (χ4n) is 5.39. The van der Waals surface area contributed by atoms with Crippen LogP contribution >= 0.6 is 11.6 Å². The van der Waals surface area contributed by atoms with Crippen LogP contribution in [0.2, 0.25) is 0 Å². The minimum Gasteiger partial charge on any atom is -0.435 e. The smallest absolute Gasteiger partial charge is 0.332 e. The first-order valence-electron chi connectivity index (χ1n) is 13.8. The largest absolute Gasteiger partial charge is 0.435 e. The summed E-state index contributed by atoms with van der Waals surface area (Å²) >= 11 is 5.46. The van der Waals surface area contributed by atoms with E-state index in [4.69, 9.17) is 30.9 Å². The van der Waals surface area contributed by atoms with E-state index in [1.807, 2.05) is 0 Å². The van der Waals surface area contributed by atoms with Gasteiger partial charge in [-0.1, -0.05) is 96.7 Å². The van der Waals surface area contributed by atoms with E-state index in [1.54, 1.807) is 0 Å². The van der Waals surface area contributed by atoms with Crippen molar-refractivity contribution in [3.05, 3.63) is 12.7 Å². The lowest BCUT2D eigenvalue weighted by molar-refractivity contribution is -0.153. The molecule has 3 saturated carbocycles. The van der Waals surface area contributed by atoms with E-state index in [2.05, 4.69) is 27.4 Å². The normalized spacial score (nSPS) is 22.4. The first kappa shape index (κ1) is 32.4. The van der Waals surface area contributed by atoms with Gasteiger partial charge in [0, 0.05) is 12.7 Å². The zero-order chi connectivity index (χ0) is 26.0. The van der Waals surface area contributed by atoms with Crippen LogP contribution in [0.3, 0.4) is 0 Å². The zero-order valence-corrected chi connectivity index (χ0v) is 23.6. The first-order chi connectivity index (χ1) is 16.7. The molecule has 0 spiro atoms. The second kappa shape index (κ2) is 17.8. The van der Waals surface area contributed by atoms with Gasteiger partial charge in [-0.2, -0.15) is 0 Å². The molecule has 0 aromatic carbocycles. The van der Waals surface area contributed by atoms with Gasteiger partial charge in [0.1, 0.15) is 6.07 Å². The number of carbonyl (C=O) groups is 1. The fourth-order valence-corrected chi connectivity index (χ4v) is 5.47. The predicted molar refractivity (Wildman–Crippen MR) is 144 cm³/mol. The Balaban J connectivity index is 0.000000272. The Bertz CT molecular complexity index is 561. The number of alkyl halides is 1. The van der Waals surface area contributed by atoms with Gasteiger partial charge in [0.25, 0.3) is 0 Å². The first-order valence-corrected chi connectivity index (χ1v) is 14.3. The molecule has 0 amide bonds. The van der Waals surface area contributed by atoms with E-state index in [9.17, 15) is 4.79 Å². The van der Waals surface area contributed by atoms with Crippen molar-refractivity contribution in [2.45, 2.75) is 117 Å². The van der Waals surface area contributed by atoms with Crippen molar-refractivity contribution in [1.82, 2.24) is 0 Å². The third-order valence-corrected chi connectivity index (χ3v) is 8.15. The Morgan fingerprint density at radius 3 is 1.51 bits per heavy atom. The maximum atomic E-state index is 10.7. The highest BCUT2D eigenvalue weighted by molar-refractivity contribution is 6.17. The zero-order valence-electron chi connectivity index (χ0n) is 22.9. The Hall–Kier alpha value is -0.620. The van der Waals surface area contributed by atoms with E-state index in [1.165, 1.54) is 96.3 Å². The summed E-state index contributed by atoms with van der Waals surface area (Å²) in [6, 6.07) is 0.343. The minimum atomic E-state index is -0.427. The average Bonchev–Trinajstić information content (AvgIpc) is 2.87. The number of hydrogen-bond donors (Lipinski definition) is 1. The summed E-state index contributed by atoms with van der Waals surface area (Å²) in [6.45, 7) is 12.0. The Labute approximate surface area is 220 Å². The highest BCUT2D eigenvalue weighted by Gasteiger charge is 2.28. The quantitative estimate of drug-likeness (QED) is 0.111. The van der Waals surface area contributed by atoms with Crippen molar-refractivity contribution >= 4 is 17.6 Å². The predicted octanol–water partition coefficient (Wildman–Crippen LogP) is 7.78. The number of aliphatic hydroxyl groups is 1. The van der Waals surface area contributed by atoms with Gasteiger partial charge >= 0.3 is 5.97 Å². The molecule has 0 aromatic rings. The van der Waals surface area contributed by atoms with Gasteiger partial charge in [0.15, 0.2) is 6.79 Å². The Kier molecular flexibility index (Phi) is 16.5. The molecule has 6 heteroatoms. The molecule has 3 aliphatic carbocycles. The third kappa shape index (κ3) is 14.6. The molecule has 0 bridgehead atoms. The van der Waals surface area contributed by atoms with Crippen LogP contribution in [0.15, 0.2) is 12.7 Å². The molecular formula is C29H53ClO5. The van der Waals surface area contributed by atoms with Crippen molar-refractivity contribution in [2.24, 2.45) is 16.2 Å². The van der Waals surface area contributed by atoms with Crippen LogP contribution in [0, 0.1) is 16.2 Å². The molecular weight excluding hydrogens is 464 g/mol. The van der Waals surface area contributed by atoms with Gasteiger partial charge in [-0.15, -0.1) is 0 Å². The van der Waals surface area contributed by atoms with Crippen molar-refractivity contribution in [3.8, 4) is 0 Å². The SMILES string of the molecule is C=CC(=O)OCOCC1(C)CCCCC1.CC1(CO)CCCCC1.CC1(COCCl)CCCCC1. The number of rotatable bonds is 9. The van der Waals surface area contributed by atoms with Crippen LogP contribution in [-0.4, -0.2) is 43.8 Å². The van der Waals surface area contributed by atoms with Crippen LogP contribution in [0.5, 0.6) is 0 Å². The summed E-state index contributed by atoms with van der Waals surface area (Å²) in [5.74, 6) is -0.427. The number of aliphatic hydroxyl groups excluding tert-OH is 1. The lowest BCUT2D eigenvalue weighted by Crippen LogP contribution is -2.26. The van der Waals surface area contributed by atoms with Gasteiger partial charge in [-0.3, -0.25) is 0 Å². The standard InChI is InChI=1S/C12H20O3.C9H17ClO.C8H16O/c1-3-11(13)15-10-14-9-12(2)7-5-4-6-8-12;1-9(7-11-8-10)5-3-2-4-6-9;1-8(7-9)5-3-2-4-6-8/h3H,1,4-10H2,2H3;2-8H2,1H3;9H,2-7H2,1H3. The maximum absolute atomic E-state index is 10.7. The van der Waals surface area contributed by atoms with Gasteiger partial charge in [0.05, 0.1) is 13.2 Å². The Morgan fingerprint density at radius 1 is 0.771 bits per heavy atom. The van der Waals surface area contributed by atoms with E-state index in [0.717, 1.165) is 12.7 Å².